The third-order valence-electron chi connectivity index (χ3n) is 4.32. The van der Waals surface area contributed by atoms with E-state index in [9.17, 15) is 13.2 Å². The van der Waals surface area contributed by atoms with Gasteiger partial charge in [-0.25, -0.2) is 4.79 Å². The molecule has 1 heterocycles. The van der Waals surface area contributed by atoms with Gasteiger partial charge in [-0.1, -0.05) is 42.0 Å². The second kappa shape index (κ2) is 8.00. The van der Waals surface area contributed by atoms with Crippen LogP contribution in [0.25, 0.3) is 5.57 Å². The van der Waals surface area contributed by atoms with Crippen LogP contribution in [0.2, 0.25) is 0 Å². The van der Waals surface area contributed by atoms with Crippen LogP contribution in [0.5, 0.6) is 0 Å². The molecule has 1 aliphatic heterocycles. The smallest absolute Gasteiger partial charge is 0.414 e. The topological polar surface area (TPSA) is 72.9 Å². The van der Waals surface area contributed by atoms with E-state index >= 15 is 0 Å². The molecule has 6 nitrogen and oxygen atoms in total. The number of ether oxygens (including phenoxy) is 1. The Morgan fingerprint density at radius 2 is 1.72 bits per heavy atom. The highest BCUT2D eigenvalue weighted by molar-refractivity contribution is 7.86. The van der Waals surface area contributed by atoms with E-state index in [2.05, 4.69) is 0 Å². The second-order valence-electron chi connectivity index (χ2n) is 7.95. The van der Waals surface area contributed by atoms with Gasteiger partial charge >= 0.3 is 6.09 Å². The van der Waals surface area contributed by atoms with Gasteiger partial charge in [-0.3, -0.25) is 9.08 Å². The number of nitrogens with zero attached hydrogens (tertiary/aromatic N) is 1. The summed E-state index contributed by atoms with van der Waals surface area (Å²) in [7, 11) is -3.92. The number of aryl methyl sites for hydroxylation is 1. The zero-order valence-corrected chi connectivity index (χ0v) is 17.8. The first-order valence-electron chi connectivity index (χ1n) is 9.30. The van der Waals surface area contributed by atoms with E-state index in [-0.39, 0.29) is 11.5 Å². The number of hydrogen-bond acceptors (Lipinski definition) is 5. The zero-order chi connectivity index (χ0) is 21.2. The zero-order valence-electron chi connectivity index (χ0n) is 17.0. The largest absolute Gasteiger partial charge is 0.443 e. The Labute approximate surface area is 171 Å². The van der Waals surface area contributed by atoms with Crippen molar-refractivity contribution in [3.63, 3.8) is 0 Å². The fraction of sp³-hybridized carbons (Fsp3) is 0.318. The Morgan fingerprint density at radius 1 is 1.07 bits per heavy atom. The summed E-state index contributed by atoms with van der Waals surface area (Å²) in [5.74, 6) is 0. The molecule has 0 aromatic heterocycles. The molecule has 0 fully saturated rings. The monoisotopic (exact) mass is 415 g/mol. The number of carbonyl (C=O) groups excluding carboxylic acids is 1. The highest BCUT2D eigenvalue weighted by atomic mass is 32.2. The first kappa shape index (κ1) is 21.1. The highest BCUT2D eigenvalue weighted by Crippen LogP contribution is 2.29. The lowest BCUT2D eigenvalue weighted by Gasteiger charge is -2.29. The molecule has 2 aromatic rings. The van der Waals surface area contributed by atoms with Gasteiger partial charge in [0.2, 0.25) is 0 Å². The summed E-state index contributed by atoms with van der Waals surface area (Å²) in [6, 6.07) is 14.0. The van der Waals surface area contributed by atoms with Crippen LogP contribution in [0.4, 0.5) is 4.79 Å². The molecular weight excluding hydrogens is 390 g/mol. The van der Waals surface area contributed by atoms with E-state index in [4.69, 9.17) is 8.92 Å². The fourth-order valence-electron chi connectivity index (χ4n) is 2.93. The summed E-state index contributed by atoms with van der Waals surface area (Å²) < 4.78 is 35.8. The quantitative estimate of drug-likeness (QED) is 0.688. The number of rotatable bonds is 4. The van der Waals surface area contributed by atoms with E-state index in [0.29, 0.717) is 12.1 Å². The summed E-state index contributed by atoms with van der Waals surface area (Å²) in [5.41, 5.74) is 2.67. The van der Waals surface area contributed by atoms with Crippen LogP contribution < -0.4 is 0 Å². The molecule has 1 aliphatic rings. The van der Waals surface area contributed by atoms with E-state index in [1.807, 2.05) is 31.2 Å². The average molecular weight is 416 g/mol. The predicted octanol–water partition coefficient (Wildman–Crippen LogP) is 4.49. The normalized spacial score (nSPS) is 14.2. The first-order valence-corrected chi connectivity index (χ1v) is 10.7. The summed E-state index contributed by atoms with van der Waals surface area (Å²) in [6.45, 7) is 7.43. The van der Waals surface area contributed by atoms with Crippen LogP contribution in [0, 0.1) is 6.92 Å². The predicted molar refractivity (Wildman–Crippen MR) is 111 cm³/mol. The number of benzene rings is 2. The minimum absolute atomic E-state index is 0.0943. The van der Waals surface area contributed by atoms with Crippen molar-refractivity contribution < 1.29 is 22.1 Å². The van der Waals surface area contributed by atoms with Crippen molar-refractivity contribution in [3.8, 4) is 0 Å². The third-order valence-corrected chi connectivity index (χ3v) is 5.60. The van der Waals surface area contributed by atoms with E-state index < -0.39 is 21.8 Å². The second-order valence-corrected chi connectivity index (χ2v) is 9.56. The Kier molecular flexibility index (Phi) is 5.82. The van der Waals surface area contributed by atoms with Crippen LogP contribution in [-0.2, 0) is 25.6 Å². The number of hydrogen-bond donors (Lipinski definition) is 0. The van der Waals surface area contributed by atoms with Crippen molar-refractivity contribution in [3.05, 3.63) is 71.4 Å². The van der Waals surface area contributed by atoms with Gasteiger partial charge in [-0.15, -0.1) is 0 Å². The molecule has 0 bridgehead atoms. The van der Waals surface area contributed by atoms with Gasteiger partial charge in [0, 0.05) is 11.8 Å². The molecule has 7 heteroatoms. The van der Waals surface area contributed by atoms with Crippen molar-refractivity contribution in [1.29, 1.82) is 0 Å². The molecule has 0 atom stereocenters. The van der Waals surface area contributed by atoms with Crippen LogP contribution in [0.3, 0.4) is 0 Å². The van der Waals surface area contributed by atoms with Crippen molar-refractivity contribution in [2.75, 3.05) is 6.61 Å². The molecule has 29 heavy (non-hydrogen) atoms. The van der Waals surface area contributed by atoms with Crippen molar-refractivity contribution in [2.45, 2.75) is 44.7 Å². The standard InChI is InChI=1S/C22H25NO5S/c1-16-9-11-19(12-10-16)29(25,26)27-15-18-14-23(21(24)28-22(2,3)4)13-17-7-5-6-8-20(17)18/h5-12,14H,13,15H2,1-4H3. The molecule has 3 rings (SSSR count). The number of carbonyl (C=O) groups is 1. The lowest BCUT2D eigenvalue weighted by Crippen LogP contribution is -2.35. The Morgan fingerprint density at radius 3 is 2.38 bits per heavy atom. The first-order chi connectivity index (χ1) is 13.5. The molecule has 0 radical (unpaired) electrons. The average Bonchev–Trinajstić information content (AvgIpc) is 2.65. The van der Waals surface area contributed by atoms with Gasteiger partial charge < -0.3 is 4.74 Å². The molecule has 0 spiro atoms. The SMILES string of the molecule is Cc1ccc(S(=O)(=O)OCC2=CN(C(=O)OC(C)(C)C)Cc3ccccc32)cc1. The van der Waals surface area contributed by atoms with Crippen LogP contribution >= 0.6 is 0 Å². The van der Waals surface area contributed by atoms with Gasteiger partial charge in [0.1, 0.15) is 5.60 Å². The van der Waals surface area contributed by atoms with Crippen molar-refractivity contribution in [1.82, 2.24) is 4.90 Å². The lowest BCUT2D eigenvalue weighted by atomic mass is 9.97. The molecule has 0 saturated heterocycles. The van der Waals surface area contributed by atoms with Gasteiger partial charge in [0.25, 0.3) is 10.1 Å². The van der Waals surface area contributed by atoms with Crippen LogP contribution in [-0.4, -0.2) is 31.6 Å². The number of fused-ring (bicyclic) bond motifs is 1. The fourth-order valence-corrected chi connectivity index (χ4v) is 3.81. The summed E-state index contributed by atoms with van der Waals surface area (Å²) >= 11 is 0. The van der Waals surface area contributed by atoms with E-state index in [0.717, 1.165) is 16.7 Å². The Hall–Kier alpha value is -2.64. The van der Waals surface area contributed by atoms with E-state index in [1.165, 1.54) is 17.0 Å². The van der Waals surface area contributed by atoms with Crippen LogP contribution in [0.15, 0.2) is 59.6 Å². The van der Waals surface area contributed by atoms with Gasteiger partial charge in [-0.05, 0) is 51.0 Å². The summed E-state index contributed by atoms with van der Waals surface area (Å²) in [6.07, 6.45) is 1.10. The molecule has 154 valence electrons. The molecular formula is C22H25NO5S. The third kappa shape index (κ3) is 5.25. The maximum Gasteiger partial charge on any atom is 0.414 e. The molecule has 0 aliphatic carbocycles. The summed E-state index contributed by atoms with van der Waals surface area (Å²) in [4.78, 5) is 14.1. The molecule has 0 N–H and O–H groups in total. The maximum atomic E-state index is 12.5. The molecule has 2 aromatic carbocycles. The maximum absolute atomic E-state index is 12.5. The minimum atomic E-state index is -3.92. The van der Waals surface area contributed by atoms with Crippen molar-refractivity contribution >= 4 is 21.8 Å². The molecule has 1 amide bonds. The Bertz CT molecular complexity index is 1030. The van der Waals surface area contributed by atoms with Gasteiger partial charge in [0.15, 0.2) is 0 Å². The molecule has 0 unspecified atom stereocenters. The number of amides is 1. The Balaban J connectivity index is 1.84. The van der Waals surface area contributed by atoms with Gasteiger partial charge in [-0.2, -0.15) is 8.42 Å². The van der Waals surface area contributed by atoms with Gasteiger partial charge in [0.05, 0.1) is 18.0 Å². The molecule has 0 saturated carbocycles. The minimum Gasteiger partial charge on any atom is -0.443 e. The van der Waals surface area contributed by atoms with Crippen LogP contribution in [0.1, 0.15) is 37.5 Å². The summed E-state index contributed by atoms with van der Waals surface area (Å²) in [5, 5.41) is 0. The highest BCUT2D eigenvalue weighted by Gasteiger charge is 2.27. The lowest BCUT2D eigenvalue weighted by molar-refractivity contribution is 0.0321. The van der Waals surface area contributed by atoms with E-state index in [1.54, 1.807) is 39.1 Å². The van der Waals surface area contributed by atoms with Crippen molar-refractivity contribution in [2.24, 2.45) is 0 Å².